The van der Waals surface area contributed by atoms with Crippen molar-refractivity contribution in [3.8, 4) is 11.8 Å². The summed E-state index contributed by atoms with van der Waals surface area (Å²) in [5.41, 5.74) is 1.51. The predicted octanol–water partition coefficient (Wildman–Crippen LogP) is 3.93. The van der Waals surface area contributed by atoms with Gasteiger partial charge in [0.1, 0.15) is 16.8 Å². The van der Waals surface area contributed by atoms with E-state index < -0.39 is 0 Å². The third-order valence-electron chi connectivity index (χ3n) is 4.00. The smallest absolute Gasteiger partial charge is 0.235 e. The number of nitrogens with zero attached hydrogens (tertiary/aromatic N) is 4. The number of benzene rings is 1. The molecule has 9 heteroatoms. The quantitative estimate of drug-likeness (QED) is 0.590. The van der Waals surface area contributed by atoms with E-state index in [2.05, 4.69) is 21.6 Å². The van der Waals surface area contributed by atoms with Crippen LogP contribution in [0, 0.1) is 18.3 Å². The minimum Gasteiger partial charge on any atom is -0.482 e. The molecule has 0 fully saturated rings. The van der Waals surface area contributed by atoms with Crippen LogP contribution in [0.15, 0.2) is 40.9 Å². The Bertz CT molecular complexity index is 1020. The molecule has 0 aliphatic rings. The molecule has 2 heterocycles. The van der Waals surface area contributed by atoms with Gasteiger partial charge in [0.15, 0.2) is 17.1 Å². The molecule has 0 radical (unpaired) electrons. The monoisotopic (exact) mass is 413 g/mol. The first-order chi connectivity index (χ1) is 13.5. The highest BCUT2D eigenvalue weighted by atomic mass is 32.2. The highest BCUT2D eigenvalue weighted by molar-refractivity contribution is 7.99. The zero-order valence-electron chi connectivity index (χ0n) is 15.7. The van der Waals surface area contributed by atoms with E-state index in [1.807, 2.05) is 49.7 Å². The third kappa shape index (κ3) is 4.52. The summed E-state index contributed by atoms with van der Waals surface area (Å²) in [5.74, 6) is 1.45. The Hall–Kier alpha value is -2.83. The molecule has 28 heavy (non-hydrogen) atoms. The molecule has 144 valence electrons. The lowest BCUT2D eigenvalue weighted by Gasteiger charge is -2.15. The zero-order valence-corrected chi connectivity index (χ0v) is 17.3. The first-order valence-electron chi connectivity index (χ1n) is 8.51. The van der Waals surface area contributed by atoms with Gasteiger partial charge in [-0.25, -0.2) is 0 Å². The lowest BCUT2D eigenvalue weighted by molar-refractivity contribution is -0.113. The van der Waals surface area contributed by atoms with E-state index in [4.69, 9.17) is 10.00 Å². The Morgan fingerprint density at radius 1 is 1.39 bits per heavy atom. The van der Waals surface area contributed by atoms with Crippen molar-refractivity contribution in [2.45, 2.75) is 25.1 Å². The van der Waals surface area contributed by atoms with Crippen LogP contribution in [-0.4, -0.2) is 26.4 Å². The lowest BCUT2D eigenvalue weighted by atomic mass is 10.2. The van der Waals surface area contributed by atoms with Crippen molar-refractivity contribution in [3.63, 3.8) is 0 Å². The average molecular weight is 414 g/mol. The van der Waals surface area contributed by atoms with E-state index in [1.165, 1.54) is 23.1 Å². The zero-order chi connectivity index (χ0) is 20.1. The van der Waals surface area contributed by atoms with Gasteiger partial charge in [0.2, 0.25) is 5.91 Å². The van der Waals surface area contributed by atoms with Crippen molar-refractivity contribution in [2.75, 3.05) is 11.1 Å². The summed E-state index contributed by atoms with van der Waals surface area (Å²) >= 11 is 2.61. The van der Waals surface area contributed by atoms with E-state index >= 15 is 0 Å². The molecule has 3 rings (SSSR count). The molecule has 0 bridgehead atoms. The minimum absolute atomic E-state index is 0.168. The highest BCUT2D eigenvalue weighted by Gasteiger charge is 2.19. The van der Waals surface area contributed by atoms with Gasteiger partial charge in [0, 0.05) is 7.05 Å². The van der Waals surface area contributed by atoms with E-state index in [0.29, 0.717) is 21.5 Å². The summed E-state index contributed by atoms with van der Waals surface area (Å²) in [6, 6.07) is 11.5. The minimum atomic E-state index is -0.286. The number of anilines is 1. The molecule has 0 aliphatic heterocycles. The van der Waals surface area contributed by atoms with Gasteiger partial charge >= 0.3 is 0 Å². The number of thioether (sulfide) groups is 1. The van der Waals surface area contributed by atoms with Crippen molar-refractivity contribution in [2.24, 2.45) is 7.05 Å². The van der Waals surface area contributed by atoms with E-state index in [-0.39, 0.29) is 17.8 Å². The SMILES string of the molecule is Cc1ccccc1OC(C)c1nnc(SCC(=O)Nc2sccc2C#N)n1C. The molecule has 1 N–H and O–H groups in total. The number of para-hydroxylation sites is 1. The number of aromatic nitrogens is 3. The van der Waals surface area contributed by atoms with Crippen LogP contribution in [0.3, 0.4) is 0 Å². The van der Waals surface area contributed by atoms with Gasteiger partial charge in [0.25, 0.3) is 0 Å². The number of nitriles is 1. The van der Waals surface area contributed by atoms with Crippen molar-refractivity contribution in [1.82, 2.24) is 14.8 Å². The Kier molecular flexibility index (Phi) is 6.34. The Labute approximate surface area is 171 Å². The molecule has 7 nitrogen and oxygen atoms in total. The van der Waals surface area contributed by atoms with Gasteiger partial charge in [-0.3, -0.25) is 4.79 Å². The van der Waals surface area contributed by atoms with Crippen LogP contribution in [0.2, 0.25) is 0 Å². The number of amides is 1. The molecule has 1 atom stereocenters. The largest absolute Gasteiger partial charge is 0.482 e. The van der Waals surface area contributed by atoms with Crippen molar-refractivity contribution in [3.05, 3.63) is 52.7 Å². The predicted molar refractivity (Wildman–Crippen MR) is 110 cm³/mol. The summed E-state index contributed by atoms with van der Waals surface area (Å²) in [6.07, 6.45) is -0.286. The molecule has 0 spiro atoms. The van der Waals surface area contributed by atoms with Gasteiger partial charge in [-0.1, -0.05) is 30.0 Å². The number of rotatable bonds is 7. The van der Waals surface area contributed by atoms with Crippen molar-refractivity contribution in [1.29, 1.82) is 5.26 Å². The van der Waals surface area contributed by atoms with Gasteiger partial charge in [0.05, 0.1) is 11.3 Å². The average Bonchev–Trinajstić information content (AvgIpc) is 3.28. The Morgan fingerprint density at radius 3 is 2.93 bits per heavy atom. The highest BCUT2D eigenvalue weighted by Crippen LogP contribution is 2.26. The van der Waals surface area contributed by atoms with Crippen LogP contribution in [0.5, 0.6) is 5.75 Å². The van der Waals surface area contributed by atoms with Gasteiger partial charge < -0.3 is 14.6 Å². The maximum atomic E-state index is 12.2. The second-order valence-corrected chi connectivity index (χ2v) is 7.90. The van der Waals surface area contributed by atoms with E-state index in [1.54, 1.807) is 11.4 Å². The van der Waals surface area contributed by atoms with Crippen molar-refractivity contribution < 1.29 is 9.53 Å². The van der Waals surface area contributed by atoms with Crippen LogP contribution in [0.25, 0.3) is 0 Å². The molecule has 0 aliphatic carbocycles. The molecular formula is C19H19N5O2S2. The number of nitrogens with one attached hydrogen (secondary N) is 1. The first kappa shape index (κ1) is 19.9. The van der Waals surface area contributed by atoms with Crippen LogP contribution >= 0.6 is 23.1 Å². The van der Waals surface area contributed by atoms with Crippen LogP contribution < -0.4 is 10.1 Å². The maximum Gasteiger partial charge on any atom is 0.235 e. The summed E-state index contributed by atoms with van der Waals surface area (Å²) in [5, 5.41) is 23.1. The van der Waals surface area contributed by atoms with Crippen LogP contribution in [0.1, 0.15) is 30.0 Å². The molecule has 0 saturated heterocycles. The molecule has 1 amide bonds. The fourth-order valence-corrected chi connectivity index (χ4v) is 4.00. The standard InChI is InChI=1S/C19H19N5O2S2/c1-12-6-4-5-7-15(12)26-13(2)17-22-23-19(24(17)3)28-11-16(25)21-18-14(10-20)8-9-27-18/h4-9,13H,11H2,1-3H3,(H,21,25). The normalized spacial score (nSPS) is 11.6. The fourth-order valence-electron chi connectivity index (χ4n) is 2.52. The number of carbonyl (C=O) groups excluding carboxylic acids is 1. The number of hydrogen-bond acceptors (Lipinski definition) is 7. The number of carbonyl (C=O) groups is 1. The number of thiophene rings is 1. The summed E-state index contributed by atoms with van der Waals surface area (Å²) < 4.78 is 7.83. The number of ether oxygens (including phenoxy) is 1. The molecule has 0 saturated carbocycles. The summed E-state index contributed by atoms with van der Waals surface area (Å²) in [7, 11) is 1.85. The molecule has 1 aromatic carbocycles. The second-order valence-electron chi connectivity index (χ2n) is 6.04. The molecule has 1 unspecified atom stereocenters. The summed E-state index contributed by atoms with van der Waals surface area (Å²) in [4.78, 5) is 12.2. The van der Waals surface area contributed by atoms with Crippen LogP contribution in [0.4, 0.5) is 5.00 Å². The van der Waals surface area contributed by atoms with Gasteiger partial charge in [-0.15, -0.1) is 21.5 Å². The van der Waals surface area contributed by atoms with Crippen molar-refractivity contribution >= 4 is 34.0 Å². The van der Waals surface area contributed by atoms with E-state index in [0.717, 1.165) is 11.3 Å². The second kappa shape index (κ2) is 8.91. The number of hydrogen-bond donors (Lipinski definition) is 1. The van der Waals surface area contributed by atoms with Gasteiger partial charge in [-0.2, -0.15) is 5.26 Å². The lowest BCUT2D eigenvalue weighted by Crippen LogP contribution is -2.14. The third-order valence-corrected chi connectivity index (χ3v) is 5.85. The summed E-state index contributed by atoms with van der Waals surface area (Å²) in [6.45, 7) is 3.90. The Morgan fingerprint density at radius 2 is 2.18 bits per heavy atom. The maximum absolute atomic E-state index is 12.2. The number of aryl methyl sites for hydroxylation is 1. The molecule has 3 aromatic rings. The topological polar surface area (TPSA) is 92.8 Å². The molecular weight excluding hydrogens is 394 g/mol. The molecule has 2 aromatic heterocycles. The van der Waals surface area contributed by atoms with Crippen LogP contribution in [-0.2, 0) is 11.8 Å². The Balaban J connectivity index is 1.60. The first-order valence-corrected chi connectivity index (χ1v) is 10.4. The fraction of sp³-hybridized carbons (Fsp3) is 0.263. The van der Waals surface area contributed by atoms with Gasteiger partial charge in [-0.05, 0) is 36.9 Å². The van der Waals surface area contributed by atoms with E-state index in [9.17, 15) is 4.79 Å².